The van der Waals surface area contributed by atoms with Crippen molar-refractivity contribution >= 4 is 11.0 Å². The molecular formula is C21H22O4. The van der Waals surface area contributed by atoms with Gasteiger partial charge in [0.25, 0.3) is 5.75 Å². The van der Waals surface area contributed by atoms with Gasteiger partial charge in [0.1, 0.15) is 11.3 Å². The number of hydrogen-bond acceptors (Lipinski definition) is 4. The Kier molecular flexibility index (Phi) is 5.39. The number of aryl methyl sites for hydroxylation is 1. The number of ether oxygens (including phenoxy) is 2. The summed E-state index contributed by atoms with van der Waals surface area (Å²) in [5, 5.41) is 0.735. The summed E-state index contributed by atoms with van der Waals surface area (Å²) in [7, 11) is 0. The van der Waals surface area contributed by atoms with Crippen LogP contribution in [-0.2, 0) is 6.42 Å². The molecule has 0 radical (unpaired) electrons. The van der Waals surface area contributed by atoms with Crippen molar-refractivity contribution in [1.29, 1.82) is 0 Å². The molecule has 4 heteroatoms. The van der Waals surface area contributed by atoms with Crippen molar-refractivity contribution in [2.24, 2.45) is 0 Å². The van der Waals surface area contributed by atoms with Crippen LogP contribution in [0.15, 0.2) is 57.7 Å². The monoisotopic (exact) mass is 338 g/mol. The molecule has 4 nitrogen and oxygen atoms in total. The molecular weight excluding hydrogens is 316 g/mol. The van der Waals surface area contributed by atoms with E-state index in [-0.39, 0.29) is 5.75 Å². The van der Waals surface area contributed by atoms with Gasteiger partial charge < -0.3 is 13.9 Å². The van der Waals surface area contributed by atoms with Crippen LogP contribution in [0.2, 0.25) is 0 Å². The molecule has 0 aliphatic carbocycles. The molecule has 2 aromatic carbocycles. The van der Waals surface area contributed by atoms with Crippen LogP contribution in [0.3, 0.4) is 0 Å². The first-order chi connectivity index (χ1) is 12.2. The molecule has 0 amide bonds. The van der Waals surface area contributed by atoms with Crippen molar-refractivity contribution < 1.29 is 13.9 Å². The van der Waals surface area contributed by atoms with Crippen LogP contribution >= 0.6 is 0 Å². The normalized spacial score (nSPS) is 10.8. The standard InChI is InChI=1S/C21H22O4/c1-3-9-15-10-5-7-12-17(15)24-20-19(23-14-4-2)16-11-6-8-13-18(16)25-21(20)22/h5-8,10-13H,3-4,9,14H2,1-2H3. The van der Waals surface area contributed by atoms with E-state index in [0.29, 0.717) is 23.7 Å². The summed E-state index contributed by atoms with van der Waals surface area (Å²) < 4.78 is 17.3. The Labute approximate surface area is 147 Å². The Bertz CT molecular complexity index is 911. The highest BCUT2D eigenvalue weighted by Gasteiger charge is 2.19. The fourth-order valence-corrected chi connectivity index (χ4v) is 2.73. The Hall–Kier alpha value is -2.75. The zero-order chi connectivity index (χ0) is 17.6. The Balaban J connectivity index is 2.12. The second-order valence-corrected chi connectivity index (χ2v) is 5.85. The van der Waals surface area contributed by atoms with Gasteiger partial charge in [-0.25, -0.2) is 4.79 Å². The smallest absolute Gasteiger partial charge is 0.383 e. The summed E-state index contributed by atoms with van der Waals surface area (Å²) in [5.74, 6) is 1.21. The van der Waals surface area contributed by atoms with E-state index in [2.05, 4.69) is 6.92 Å². The van der Waals surface area contributed by atoms with E-state index in [4.69, 9.17) is 13.9 Å². The largest absolute Gasteiger partial charge is 0.489 e. The maximum Gasteiger partial charge on any atom is 0.383 e. The summed E-state index contributed by atoms with van der Waals surface area (Å²) in [6, 6.07) is 15.1. The highest BCUT2D eigenvalue weighted by molar-refractivity contribution is 5.85. The number of hydrogen-bond donors (Lipinski definition) is 0. The quantitative estimate of drug-likeness (QED) is 0.547. The SMILES string of the molecule is CCCOc1c(Oc2ccccc2CCC)c(=O)oc2ccccc12. The van der Waals surface area contributed by atoms with Crippen LogP contribution < -0.4 is 15.1 Å². The summed E-state index contributed by atoms with van der Waals surface area (Å²) in [4.78, 5) is 12.5. The van der Waals surface area contributed by atoms with Crippen LogP contribution in [-0.4, -0.2) is 6.61 Å². The first-order valence-corrected chi connectivity index (χ1v) is 8.69. The maximum atomic E-state index is 12.5. The molecule has 25 heavy (non-hydrogen) atoms. The summed E-state index contributed by atoms with van der Waals surface area (Å²) >= 11 is 0. The Morgan fingerprint density at radius 2 is 1.68 bits per heavy atom. The summed E-state index contributed by atoms with van der Waals surface area (Å²) in [5.41, 5.74) is 1.02. The van der Waals surface area contributed by atoms with E-state index < -0.39 is 5.63 Å². The minimum atomic E-state index is -0.531. The molecule has 0 unspecified atom stereocenters. The molecule has 0 spiro atoms. The second kappa shape index (κ2) is 7.88. The van der Waals surface area contributed by atoms with Gasteiger partial charge in [-0.1, -0.05) is 50.6 Å². The minimum Gasteiger partial charge on any atom is -0.489 e. The van der Waals surface area contributed by atoms with Gasteiger partial charge in [0.15, 0.2) is 5.75 Å². The van der Waals surface area contributed by atoms with Crippen molar-refractivity contribution in [1.82, 2.24) is 0 Å². The molecule has 0 atom stereocenters. The van der Waals surface area contributed by atoms with Crippen molar-refractivity contribution in [3.05, 3.63) is 64.5 Å². The lowest BCUT2D eigenvalue weighted by Crippen LogP contribution is -2.09. The van der Waals surface area contributed by atoms with Gasteiger partial charge in [-0.15, -0.1) is 0 Å². The van der Waals surface area contributed by atoms with E-state index in [9.17, 15) is 4.79 Å². The molecule has 0 aliphatic heterocycles. The lowest BCUT2D eigenvalue weighted by Gasteiger charge is -2.15. The molecule has 0 saturated heterocycles. The van der Waals surface area contributed by atoms with Crippen LogP contribution in [0.5, 0.6) is 17.2 Å². The molecule has 1 heterocycles. The highest BCUT2D eigenvalue weighted by atomic mass is 16.5. The number of fused-ring (bicyclic) bond motifs is 1. The molecule has 1 aromatic heterocycles. The molecule has 0 bridgehead atoms. The van der Waals surface area contributed by atoms with Crippen LogP contribution in [0, 0.1) is 0 Å². The third-order valence-corrected chi connectivity index (χ3v) is 3.88. The van der Waals surface area contributed by atoms with E-state index in [1.807, 2.05) is 49.4 Å². The van der Waals surface area contributed by atoms with E-state index in [1.165, 1.54) is 0 Å². The van der Waals surface area contributed by atoms with Gasteiger partial charge in [-0.2, -0.15) is 0 Å². The van der Waals surface area contributed by atoms with Crippen molar-refractivity contribution in [3.63, 3.8) is 0 Å². The fraction of sp³-hybridized carbons (Fsp3) is 0.286. The molecule has 0 saturated carbocycles. The fourth-order valence-electron chi connectivity index (χ4n) is 2.73. The molecule has 3 aromatic rings. The van der Waals surface area contributed by atoms with E-state index >= 15 is 0 Å². The van der Waals surface area contributed by atoms with Crippen LogP contribution in [0.1, 0.15) is 32.3 Å². The number of para-hydroxylation sites is 2. The molecule has 0 fully saturated rings. The molecule has 130 valence electrons. The predicted molar refractivity (Wildman–Crippen MR) is 98.8 cm³/mol. The van der Waals surface area contributed by atoms with Gasteiger partial charge >= 0.3 is 5.63 Å². The average molecular weight is 338 g/mol. The summed E-state index contributed by atoms with van der Waals surface area (Å²) in [6.45, 7) is 4.63. The van der Waals surface area contributed by atoms with E-state index in [0.717, 1.165) is 30.2 Å². The third-order valence-electron chi connectivity index (χ3n) is 3.88. The van der Waals surface area contributed by atoms with Gasteiger partial charge in [0, 0.05) is 0 Å². The zero-order valence-corrected chi connectivity index (χ0v) is 14.6. The average Bonchev–Trinajstić information content (AvgIpc) is 2.63. The predicted octanol–water partition coefficient (Wildman–Crippen LogP) is 5.33. The van der Waals surface area contributed by atoms with Crippen molar-refractivity contribution in [3.8, 4) is 17.2 Å². The number of benzene rings is 2. The van der Waals surface area contributed by atoms with Crippen molar-refractivity contribution in [2.75, 3.05) is 6.61 Å². The first-order valence-electron chi connectivity index (χ1n) is 8.69. The van der Waals surface area contributed by atoms with Gasteiger partial charge in [-0.05, 0) is 36.6 Å². The molecule has 0 N–H and O–H groups in total. The minimum absolute atomic E-state index is 0.107. The van der Waals surface area contributed by atoms with Crippen LogP contribution in [0.4, 0.5) is 0 Å². The lowest BCUT2D eigenvalue weighted by atomic mass is 10.1. The van der Waals surface area contributed by atoms with Crippen molar-refractivity contribution in [2.45, 2.75) is 33.1 Å². The highest BCUT2D eigenvalue weighted by Crippen LogP contribution is 2.36. The number of rotatable bonds is 7. The maximum absolute atomic E-state index is 12.5. The second-order valence-electron chi connectivity index (χ2n) is 5.85. The lowest BCUT2D eigenvalue weighted by molar-refractivity contribution is 0.298. The van der Waals surface area contributed by atoms with Gasteiger partial charge in [0.05, 0.1) is 12.0 Å². The zero-order valence-electron chi connectivity index (χ0n) is 14.6. The summed E-state index contributed by atoms with van der Waals surface area (Å²) in [6.07, 6.45) is 2.70. The topological polar surface area (TPSA) is 48.7 Å². The molecule has 0 aliphatic rings. The Morgan fingerprint density at radius 1 is 0.920 bits per heavy atom. The first kappa shape index (κ1) is 17.1. The van der Waals surface area contributed by atoms with Crippen LogP contribution in [0.25, 0.3) is 11.0 Å². The van der Waals surface area contributed by atoms with Gasteiger partial charge in [0.2, 0.25) is 0 Å². The Morgan fingerprint density at radius 3 is 2.48 bits per heavy atom. The molecule has 3 rings (SSSR count). The third kappa shape index (κ3) is 3.68. The van der Waals surface area contributed by atoms with E-state index in [1.54, 1.807) is 6.07 Å². The van der Waals surface area contributed by atoms with Gasteiger partial charge in [-0.3, -0.25) is 0 Å².